The fourth-order valence-electron chi connectivity index (χ4n) is 1.80. The highest BCUT2D eigenvalue weighted by molar-refractivity contribution is 7.89. The predicted octanol–water partition coefficient (Wildman–Crippen LogP) is 0.984. The number of pyridine rings is 1. The molecule has 1 aromatic heterocycles. The molecule has 5 nitrogen and oxygen atoms in total. The van der Waals surface area contributed by atoms with Crippen molar-refractivity contribution in [3.05, 3.63) is 24.0 Å². The van der Waals surface area contributed by atoms with E-state index < -0.39 is 10.0 Å². The molecule has 0 amide bonds. The zero-order chi connectivity index (χ0) is 12.5. The van der Waals surface area contributed by atoms with Crippen molar-refractivity contribution in [1.82, 2.24) is 9.29 Å². The summed E-state index contributed by atoms with van der Waals surface area (Å²) in [5.74, 6) is 0.437. The third kappa shape index (κ3) is 2.04. The third-order valence-corrected chi connectivity index (χ3v) is 4.86. The number of nitrogens with zero attached hydrogens (tertiary/aromatic N) is 3. The molecule has 1 aliphatic rings. The molecule has 0 aromatic carbocycles. The van der Waals surface area contributed by atoms with Crippen LogP contribution in [0.1, 0.15) is 19.0 Å². The molecule has 2 heterocycles. The second-order valence-corrected chi connectivity index (χ2v) is 5.96. The molecule has 0 N–H and O–H groups in total. The van der Waals surface area contributed by atoms with Crippen molar-refractivity contribution in [3.63, 3.8) is 0 Å². The van der Waals surface area contributed by atoms with Gasteiger partial charge in [-0.3, -0.25) is 0 Å². The molecular formula is C11H13N3O2S. The third-order valence-electron chi connectivity index (χ3n) is 3.00. The van der Waals surface area contributed by atoms with Gasteiger partial charge in [0.15, 0.2) is 5.69 Å². The molecular weight excluding hydrogens is 238 g/mol. The standard InChI is InChI=1S/C11H13N3O2S/c1-2-9-7-14(8-9)17(15,16)11-4-3-5-13-10(11)6-12/h3-5,9H,2,7-8H2,1H3. The molecule has 0 spiro atoms. The van der Waals surface area contributed by atoms with E-state index in [1.54, 1.807) is 0 Å². The van der Waals surface area contributed by atoms with Crippen LogP contribution in [0.4, 0.5) is 0 Å². The molecule has 17 heavy (non-hydrogen) atoms. The van der Waals surface area contributed by atoms with Crippen LogP contribution >= 0.6 is 0 Å². The Morgan fingerprint density at radius 3 is 2.88 bits per heavy atom. The van der Waals surface area contributed by atoms with E-state index in [4.69, 9.17) is 5.26 Å². The van der Waals surface area contributed by atoms with E-state index in [1.807, 2.05) is 13.0 Å². The second-order valence-electron chi connectivity index (χ2n) is 4.06. The average Bonchev–Trinajstić information content (AvgIpc) is 2.27. The highest BCUT2D eigenvalue weighted by Gasteiger charge is 2.36. The van der Waals surface area contributed by atoms with Gasteiger partial charge in [0, 0.05) is 19.3 Å². The lowest BCUT2D eigenvalue weighted by Crippen LogP contribution is -2.49. The molecule has 6 heteroatoms. The van der Waals surface area contributed by atoms with Gasteiger partial charge in [0.2, 0.25) is 10.0 Å². The number of nitriles is 1. The van der Waals surface area contributed by atoms with Crippen LogP contribution in [-0.4, -0.2) is 30.8 Å². The number of sulfonamides is 1. The van der Waals surface area contributed by atoms with Crippen molar-refractivity contribution in [2.75, 3.05) is 13.1 Å². The van der Waals surface area contributed by atoms with Crippen molar-refractivity contribution in [1.29, 1.82) is 5.26 Å². The first-order chi connectivity index (χ1) is 8.09. The summed E-state index contributed by atoms with van der Waals surface area (Å²) < 4.78 is 25.8. The van der Waals surface area contributed by atoms with Crippen molar-refractivity contribution in [2.24, 2.45) is 5.92 Å². The highest BCUT2D eigenvalue weighted by Crippen LogP contribution is 2.27. The van der Waals surface area contributed by atoms with Gasteiger partial charge in [-0.25, -0.2) is 13.4 Å². The van der Waals surface area contributed by atoms with Gasteiger partial charge >= 0.3 is 0 Å². The zero-order valence-corrected chi connectivity index (χ0v) is 10.3. The van der Waals surface area contributed by atoms with Gasteiger partial charge in [-0.1, -0.05) is 13.3 Å². The molecule has 90 valence electrons. The molecule has 1 fully saturated rings. The molecule has 0 unspecified atom stereocenters. The van der Waals surface area contributed by atoms with Gasteiger partial charge in [-0.2, -0.15) is 9.57 Å². The quantitative estimate of drug-likeness (QED) is 0.802. The maximum atomic E-state index is 12.2. The molecule has 1 aromatic rings. The fourth-order valence-corrected chi connectivity index (χ4v) is 3.48. The van der Waals surface area contributed by atoms with Crippen LogP contribution in [0, 0.1) is 17.2 Å². The molecule has 0 saturated carbocycles. The van der Waals surface area contributed by atoms with Gasteiger partial charge < -0.3 is 0 Å². The number of rotatable bonds is 3. The Morgan fingerprint density at radius 2 is 2.29 bits per heavy atom. The molecule has 1 aliphatic heterocycles. The first kappa shape index (κ1) is 12.0. The van der Waals surface area contributed by atoms with Crippen LogP contribution < -0.4 is 0 Å². The van der Waals surface area contributed by atoms with E-state index in [0.29, 0.717) is 19.0 Å². The van der Waals surface area contributed by atoms with Gasteiger partial charge in [-0.15, -0.1) is 0 Å². The number of hydrogen-bond acceptors (Lipinski definition) is 4. The first-order valence-electron chi connectivity index (χ1n) is 5.45. The summed E-state index contributed by atoms with van der Waals surface area (Å²) in [6, 6.07) is 4.78. The molecule has 1 saturated heterocycles. The fraction of sp³-hybridized carbons (Fsp3) is 0.455. The van der Waals surface area contributed by atoms with E-state index >= 15 is 0 Å². The predicted molar refractivity (Wildman–Crippen MR) is 61.5 cm³/mol. The normalized spacial score (nSPS) is 17.4. The van der Waals surface area contributed by atoms with E-state index in [1.165, 1.54) is 22.6 Å². The summed E-state index contributed by atoms with van der Waals surface area (Å²) in [5, 5.41) is 8.86. The summed E-state index contributed by atoms with van der Waals surface area (Å²) >= 11 is 0. The first-order valence-corrected chi connectivity index (χ1v) is 6.89. The van der Waals surface area contributed by atoms with Crippen LogP contribution in [0.3, 0.4) is 0 Å². The molecule has 0 aliphatic carbocycles. The minimum absolute atomic E-state index is 0.0112. The van der Waals surface area contributed by atoms with Crippen LogP contribution in [0.25, 0.3) is 0 Å². The Bertz CT molecular complexity index is 556. The smallest absolute Gasteiger partial charge is 0.244 e. The Labute approximate surface area is 101 Å². The minimum Gasteiger partial charge on any atom is -0.244 e. The lowest BCUT2D eigenvalue weighted by Gasteiger charge is -2.37. The van der Waals surface area contributed by atoms with Crippen LogP contribution in [0.5, 0.6) is 0 Å². The summed E-state index contributed by atoms with van der Waals surface area (Å²) in [6.45, 7) is 3.12. The highest BCUT2D eigenvalue weighted by atomic mass is 32.2. The Kier molecular flexibility index (Phi) is 3.13. The SMILES string of the molecule is CCC1CN(S(=O)(=O)c2cccnc2C#N)C1. The largest absolute Gasteiger partial charge is 0.245 e. The van der Waals surface area contributed by atoms with E-state index in [0.717, 1.165) is 6.42 Å². The lowest BCUT2D eigenvalue weighted by molar-refractivity contribution is 0.196. The van der Waals surface area contributed by atoms with Crippen molar-refractivity contribution in [2.45, 2.75) is 18.2 Å². The number of hydrogen-bond donors (Lipinski definition) is 0. The van der Waals surface area contributed by atoms with Crippen LogP contribution in [0.2, 0.25) is 0 Å². The minimum atomic E-state index is -3.54. The van der Waals surface area contributed by atoms with Gasteiger partial charge in [0.1, 0.15) is 11.0 Å². The summed E-state index contributed by atoms with van der Waals surface area (Å²) in [6.07, 6.45) is 2.40. The second kappa shape index (κ2) is 4.43. The Balaban J connectivity index is 2.31. The molecule has 0 atom stereocenters. The van der Waals surface area contributed by atoms with Crippen molar-refractivity contribution < 1.29 is 8.42 Å². The average molecular weight is 251 g/mol. The van der Waals surface area contributed by atoms with Crippen molar-refractivity contribution in [3.8, 4) is 6.07 Å². The monoisotopic (exact) mass is 251 g/mol. The van der Waals surface area contributed by atoms with E-state index in [-0.39, 0.29) is 10.6 Å². The van der Waals surface area contributed by atoms with Gasteiger partial charge in [-0.05, 0) is 18.1 Å². The number of aromatic nitrogens is 1. The van der Waals surface area contributed by atoms with Crippen molar-refractivity contribution >= 4 is 10.0 Å². The van der Waals surface area contributed by atoms with Gasteiger partial charge in [0.05, 0.1) is 0 Å². The Morgan fingerprint density at radius 1 is 1.59 bits per heavy atom. The Hall–Kier alpha value is -1.45. The van der Waals surface area contributed by atoms with Crippen LogP contribution in [-0.2, 0) is 10.0 Å². The maximum absolute atomic E-state index is 12.2. The summed E-state index contributed by atoms with van der Waals surface area (Å²) in [7, 11) is -3.54. The molecule has 0 radical (unpaired) electrons. The lowest BCUT2D eigenvalue weighted by atomic mass is 10.0. The van der Waals surface area contributed by atoms with E-state index in [9.17, 15) is 8.42 Å². The zero-order valence-electron chi connectivity index (χ0n) is 9.50. The van der Waals surface area contributed by atoms with Crippen LogP contribution in [0.15, 0.2) is 23.2 Å². The summed E-state index contributed by atoms with van der Waals surface area (Å²) in [4.78, 5) is 3.79. The molecule has 0 bridgehead atoms. The summed E-state index contributed by atoms with van der Waals surface area (Å²) in [5.41, 5.74) is -0.0348. The maximum Gasteiger partial charge on any atom is 0.245 e. The molecule has 2 rings (SSSR count). The van der Waals surface area contributed by atoms with E-state index in [2.05, 4.69) is 4.98 Å². The van der Waals surface area contributed by atoms with Gasteiger partial charge in [0.25, 0.3) is 0 Å². The topological polar surface area (TPSA) is 74.1 Å².